The van der Waals surface area contributed by atoms with Crippen LogP contribution in [0, 0.1) is 0 Å². The molecule has 0 aromatic carbocycles. The summed E-state index contributed by atoms with van der Waals surface area (Å²) < 4.78 is 17.2. The van der Waals surface area contributed by atoms with Crippen molar-refractivity contribution in [1.82, 2.24) is 0 Å². The fourth-order valence-electron chi connectivity index (χ4n) is 5.98. The van der Waals surface area contributed by atoms with Gasteiger partial charge in [0.05, 0.1) is 6.61 Å². The number of esters is 2. The lowest BCUT2D eigenvalue weighted by Gasteiger charge is -2.18. The zero-order valence-corrected chi connectivity index (χ0v) is 36.6. The van der Waals surface area contributed by atoms with Gasteiger partial charge in [0.15, 0.2) is 6.10 Å². The van der Waals surface area contributed by atoms with Crippen LogP contribution < -0.4 is 0 Å². The summed E-state index contributed by atoms with van der Waals surface area (Å²) in [5.41, 5.74) is 0. The molecule has 0 saturated carbocycles. The minimum absolute atomic E-state index is 0.0612. The molecule has 0 radical (unpaired) electrons. The molecule has 0 heterocycles. The lowest BCUT2D eigenvalue weighted by atomic mass is 10.1. The van der Waals surface area contributed by atoms with Gasteiger partial charge >= 0.3 is 11.9 Å². The van der Waals surface area contributed by atoms with Gasteiger partial charge in [-0.3, -0.25) is 9.59 Å². The van der Waals surface area contributed by atoms with Crippen molar-refractivity contribution < 1.29 is 23.8 Å². The van der Waals surface area contributed by atoms with Gasteiger partial charge in [-0.1, -0.05) is 176 Å². The molecule has 0 aliphatic heterocycles. The van der Waals surface area contributed by atoms with E-state index < -0.39 is 6.10 Å². The Bertz CT molecular complexity index is 1060. The average molecular weight is 779 g/mol. The Morgan fingerprint density at radius 3 is 1.32 bits per heavy atom. The molecule has 5 heteroatoms. The van der Waals surface area contributed by atoms with Crippen molar-refractivity contribution in [2.45, 2.75) is 207 Å². The summed E-state index contributed by atoms with van der Waals surface area (Å²) in [6, 6.07) is 0. The van der Waals surface area contributed by atoms with Crippen molar-refractivity contribution in [1.29, 1.82) is 0 Å². The van der Waals surface area contributed by atoms with Gasteiger partial charge in [0, 0.05) is 19.4 Å². The molecule has 0 fully saturated rings. The maximum absolute atomic E-state index is 12.5. The van der Waals surface area contributed by atoms with E-state index >= 15 is 0 Å². The summed E-state index contributed by atoms with van der Waals surface area (Å²) in [5.74, 6) is -0.448. The number of allylic oxidation sites excluding steroid dienone is 14. The second-order valence-corrected chi connectivity index (χ2v) is 14.9. The summed E-state index contributed by atoms with van der Waals surface area (Å²) in [6.07, 6.45) is 60.4. The van der Waals surface area contributed by atoms with Crippen LogP contribution in [-0.2, 0) is 23.8 Å². The SMILES string of the molecule is CC/C=C\C/C=C\C/C=C\C/C=C\CCCCCOCC(COC(=O)CCCCCCCC/C=C\C/C=C\C/C=C\CCCCC)OC(=O)CCCCCCC. The fourth-order valence-corrected chi connectivity index (χ4v) is 5.98. The molecule has 56 heavy (non-hydrogen) atoms. The Kier molecular flexibility index (Phi) is 44.0. The molecule has 0 aromatic rings. The second kappa shape index (κ2) is 46.5. The van der Waals surface area contributed by atoms with E-state index in [1.807, 2.05) is 0 Å². The summed E-state index contributed by atoms with van der Waals surface area (Å²) in [7, 11) is 0. The van der Waals surface area contributed by atoms with Crippen molar-refractivity contribution >= 4 is 11.9 Å². The smallest absolute Gasteiger partial charge is 0.306 e. The molecule has 320 valence electrons. The largest absolute Gasteiger partial charge is 0.462 e. The zero-order chi connectivity index (χ0) is 40.7. The first kappa shape index (κ1) is 53.1. The highest BCUT2D eigenvalue weighted by Gasteiger charge is 2.17. The Morgan fingerprint density at radius 2 is 0.804 bits per heavy atom. The molecule has 0 aromatic heterocycles. The Hall–Kier alpha value is -2.92. The van der Waals surface area contributed by atoms with Crippen molar-refractivity contribution in [2.75, 3.05) is 19.8 Å². The average Bonchev–Trinajstić information content (AvgIpc) is 3.20. The van der Waals surface area contributed by atoms with Crippen LogP contribution in [0.15, 0.2) is 85.1 Å². The molecule has 0 N–H and O–H groups in total. The van der Waals surface area contributed by atoms with E-state index in [0.717, 1.165) is 109 Å². The molecule has 5 nitrogen and oxygen atoms in total. The van der Waals surface area contributed by atoms with E-state index in [0.29, 0.717) is 19.4 Å². The highest BCUT2D eigenvalue weighted by Crippen LogP contribution is 2.12. The topological polar surface area (TPSA) is 61.8 Å². The third-order valence-corrected chi connectivity index (χ3v) is 9.42. The third-order valence-electron chi connectivity index (χ3n) is 9.42. The first-order valence-corrected chi connectivity index (χ1v) is 23.1. The van der Waals surface area contributed by atoms with Gasteiger partial charge in [-0.15, -0.1) is 0 Å². The number of hydrogen-bond acceptors (Lipinski definition) is 5. The lowest BCUT2D eigenvalue weighted by molar-refractivity contribution is -0.163. The molecule has 0 saturated heterocycles. The standard InChI is InChI=1S/C51H86O5/c1-4-7-10-13-15-17-19-21-23-25-26-27-28-30-32-34-36-39-41-44-50(52)55-48-49(56-51(53)45-42-38-12-9-6-3)47-54-46-43-40-37-35-33-31-29-24-22-20-18-16-14-11-8-5-2/h8,11,15-18,21-24,26-27,31,33,49H,4-7,9-10,12-14,19-20,25,28-30,32,34-48H2,1-3H3/b11-8-,17-15-,18-16-,23-21-,24-22-,27-26-,33-31-. The van der Waals surface area contributed by atoms with E-state index in [4.69, 9.17) is 14.2 Å². The Labute approximate surface area is 346 Å². The van der Waals surface area contributed by atoms with Gasteiger partial charge in [-0.05, 0) is 96.3 Å². The van der Waals surface area contributed by atoms with Crippen LogP contribution in [0.2, 0.25) is 0 Å². The molecule has 0 spiro atoms. The van der Waals surface area contributed by atoms with Crippen LogP contribution in [0.5, 0.6) is 0 Å². The zero-order valence-electron chi connectivity index (χ0n) is 36.6. The predicted molar refractivity (Wildman–Crippen MR) is 242 cm³/mol. The molecule has 1 atom stereocenters. The summed E-state index contributed by atoms with van der Waals surface area (Å²) in [6.45, 7) is 7.51. The van der Waals surface area contributed by atoms with E-state index in [1.54, 1.807) is 0 Å². The monoisotopic (exact) mass is 779 g/mol. The number of unbranched alkanes of at least 4 members (excludes halogenated alkanes) is 16. The van der Waals surface area contributed by atoms with Crippen LogP contribution in [0.4, 0.5) is 0 Å². The molecule has 0 bridgehead atoms. The summed E-state index contributed by atoms with van der Waals surface area (Å²) >= 11 is 0. The summed E-state index contributed by atoms with van der Waals surface area (Å²) in [4.78, 5) is 25.0. The minimum Gasteiger partial charge on any atom is -0.462 e. The van der Waals surface area contributed by atoms with Crippen LogP contribution in [0.25, 0.3) is 0 Å². The van der Waals surface area contributed by atoms with Crippen molar-refractivity contribution in [3.8, 4) is 0 Å². The van der Waals surface area contributed by atoms with Crippen LogP contribution >= 0.6 is 0 Å². The molecule has 0 aliphatic carbocycles. The molecule has 1 unspecified atom stereocenters. The van der Waals surface area contributed by atoms with Gasteiger partial charge in [0.25, 0.3) is 0 Å². The maximum atomic E-state index is 12.5. The number of hydrogen-bond donors (Lipinski definition) is 0. The van der Waals surface area contributed by atoms with E-state index in [-0.39, 0.29) is 25.2 Å². The lowest BCUT2D eigenvalue weighted by Crippen LogP contribution is -2.30. The molecule has 0 rings (SSSR count). The predicted octanol–water partition coefficient (Wildman–Crippen LogP) is 15.3. The van der Waals surface area contributed by atoms with Gasteiger partial charge < -0.3 is 14.2 Å². The van der Waals surface area contributed by atoms with Gasteiger partial charge in [-0.25, -0.2) is 0 Å². The van der Waals surface area contributed by atoms with E-state index in [2.05, 4.69) is 106 Å². The van der Waals surface area contributed by atoms with Gasteiger partial charge in [0.1, 0.15) is 6.61 Å². The van der Waals surface area contributed by atoms with E-state index in [9.17, 15) is 9.59 Å². The van der Waals surface area contributed by atoms with E-state index in [1.165, 1.54) is 57.8 Å². The highest BCUT2D eigenvalue weighted by molar-refractivity contribution is 5.70. The molecule has 0 amide bonds. The van der Waals surface area contributed by atoms with Gasteiger partial charge in [-0.2, -0.15) is 0 Å². The van der Waals surface area contributed by atoms with Crippen LogP contribution in [0.1, 0.15) is 201 Å². The number of ether oxygens (including phenoxy) is 3. The van der Waals surface area contributed by atoms with Gasteiger partial charge in [0.2, 0.25) is 0 Å². The Balaban J connectivity index is 4.14. The van der Waals surface area contributed by atoms with Crippen molar-refractivity contribution in [3.63, 3.8) is 0 Å². The van der Waals surface area contributed by atoms with Crippen LogP contribution in [-0.4, -0.2) is 37.9 Å². The molecule has 0 aliphatic rings. The minimum atomic E-state index is -0.557. The first-order chi connectivity index (χ1) is 27.6. The normalized spacial score (nSPS) is 13.0. The third kappa shape index (κ3) is 43.8. The molecular weight excluding hydrogens is 693 g/mol. The highest BCUT2D eigenvalue weighted by atomic mass is 16.6. The fraction of sp³-hybridized carbons (Fsp3) is 0.686. The van der Waals surface area contributed by atoms with Crippen molar-refractivity contribution in [3.05, 3.63) is 85.1 Å². The molecular formula is C51H86O5. The second-order valence-electron chi connectivity index (χ2n) is 14.9. The number of carbonyl (C=O) groups excluding carboxylic acids is 2. The number of carbonyl (C=O) groups is 2. The Morgan fingerprint density at radius 1 is 0.411 bits per heavy atom. The van der Waals surface area contributed by atoms with Crippen molar-refractivity contribution in [2.24, 2.45) is 0 Å². The maximum Gasteiger partial charge on any atom is 0.306 e. The quantitative estimate of drug-likeness (QED) is 0.0351. The van der Waals surface area contributed by atoms with Crippen LogP contribution in [0.3, 0.4) is 0 Å². The summed E-state index contributed by atoms with van der Waals surface area (Å²) in [5, 5.41) is 0. The number of rotatable bonds is 41. The first-order valence-electron chi connectivity index (χ1n) is 23.1.